The Morgan fingerprint density at radius 2 is 2.21 bits per heavy atom. The number of nitrogens with zero attached hydrogens (tertiary/aromatic N) is 2. The van der Waals surface area contributed by atoms with Crippen molar-refractivity contribution >= 4 is 11.3 Å². The second kappa shape index (κ2) is 6.35. The first kappa shape index (κ1) is 14.3. The van der Waals surface area contributed by atoms with Crippen LogP contribution >= 0.6 is 11.3 Å². The van der Waals surface area contributed by atoms with Crippen molar-refractivity contribution in [2.24, 2.45) is 11.7 Å². The fraction of sp³-hybridized carbons (Fsp3) is 0.533. The summed E-state index contributed by atoms with van der Waals surface area (Å²) < 4.78 is 2.19. The van der Waals surface area contributed by atoms with E-state index < -0.39 is 0 Å². The summed E-state index contributed by atoms with van der Waals surface area (Å²) in [6.07, 6.45) is 5.89. The van der Waals surface area contributed by atoms with E-state index in [-0.39, 0.29) is 6.04 Å². The zero-order chi connectivity index (χ0) is 13.8. The van der Waals surface area contributed by atoms with Gasteiger partial charge in [0.2, 0.25) is 0 Å². The molecule has 4 heteroatoms. The number of hydrogen-bond acceptors (Lipinski definition) is 3. The van der Waals surface area contributed by atoms with Gasteiger partial charge < -0.3 is 10.3 Å². The van der Waals surface area contributed by atoms with Crippen LogP contribution in [-0.4, -0.2) is 9.55 Å². The van der Waals surface area contributed by atoms with Gasteiger partial charge in [0, 0.05) is 17.1 Å². The lowest BCUT2D eigenvalue weighted by Crippen LogP contribution is -2.17. The first-order valence-corrected chi connectivity index (χ1v) is 7.80. The third kappa shape index (κ3) is 3.45. The smallest absolute Gasteiger partial charge is 0.0952 e. The van der Waals surface area contributed by atoms with E-state index in [2.05, 4.69) is 41.8 Å². The summed E-state index contributed by atoms with van der Waals surface area (Å²) in [5.74, 6) is 0.603. The van der Waals surface area contributed by atoms with Crippen molar-refractivity contribution in [3.8, 4) is 0 Å². The standard InChI is InChI=1S/C15H23N3S/c1-4-12-5-6-19-15(12)9-18-10-17-8-14(18)13(16)7-11(2)3/h5-6,8,10-11,13H,4,7,9,16H2,1-3H3. The van der Waals surface area contributed by atoms with Crippen molar-refractivity contribution in [3.63, 3.8) is 0 Å². The number of thiophene rings is 1. The molecule has 0 saturated carbocycles. The molecule has 0 saturated heterocycles. The van der Waals surface area contributed by atoms with E-state index in [0.717, 1.165) is 25.1 Å². The Labute approximate surface area is 119 Å². The second-order valence-corrected chi connectivity index (χ2v) is 6.41. The first-order valence-electron chi connectivity index (χ1n) is 6.92. The summed E-state index contributed by atoms with van der Waals surface area (Å²) in [6, 6.07) is 2.29. The lowest BCUT2D eigenvalue weighted by atomic mass is 10.0. The highest BCUT2D eigenvalue weighted by Crippen LogP contribution is 2.23. The van der Waals surface area contributed by atoms with Crippen molar-refractivity contribution < 1.29 is 0 Å². The molecule has 3 nitrogen and oxygen atoms in total. The van der Waals surface area contributed by atoms with E-state index in [1.54, 1.807) is 0 Å². The van der Waals surface area contributed by atoms with Crippen LogP contribution in [0.5, 0.6) is 0 Å². The quantitative estimate of drug-likeness (QED) is 0.876. The van der Waals surface area contributed by atoms with E-state index in [1.807, 2.05) is 23.9 Å². The van der Waals surface area contributed by atoms with Crippen LogP contribution < -0.4 is 5.73 Å². The zero-order valence-corrected chi connectivity index (χ0v) is 12.8. The van der Waals surface area contributed by atoms with E-state index in [1.165, 1.54) is 10.4 Å². The van der Waals surface area contributed by atoms with Gasteiger partial charge in [-0.05, 0) is 35.8 Å². The molecule has 0 aliphatic heterocycles. The molecule has 2 aromatic rings. The Hall–Kier alpha value is -1.13. The molecule has 1 unspecified atom stereocenters. The molecule has 19 heavy (non-hydrogen) atoms. The lowest BCUT2D eigenvalue weighted by molar-refractivity contribution is 0.489. The van der Waals surface area contributed by atoms with Crippen LogP contribution in [0, 0.1) is 5.92 Å². The number of imidazole rings is 1. The molecule has 0 fully saturated rings. The van der Waals surface area contributed by atoms with Gasteiger partial charge in [-0.1, -0.05) is 20.8 Å². The Balaban J connectivity index is 2.16. The highest BCUT2D eigenvalue weighted by molar-refractivity contribution is 7.10. The number of hydrogen-bond donors (Lipinski definition) is 1. The van der Waals surface area contributed by atoms with Gasteiger partial charge in [0.05, 0.1) is 18.6 Å². The highest BCUT2D eigenvalue weighted by Gasteiger charge is 2.14. The van der Waals surface area contributed by atoms with Crippen molar-refractivity contribution in [1.29, 1.82) is 0 Å². The number of aryl methyl sites for hydroxylation is 1. The minimum Gasteiger partial charge on any atom is -0.328 e. The molecule has 2 heterocycles. The number of nitrogens with two attached hydrogens (primary N) is 1. The molecular weight excluding hydrogens is 254 g/mol. The van der Waals surface area contributed by atoms with E-state index >= 15 is 0 Å². The summed E-state index contributed by atoms with van der Waals surface area (Å²) in [7, 11) is 0. The molecule has 2 rings (SSSR count). The SMILES string of the molecule is CCc1ccsc1Cn1cncc1C(N)CC(C)C. The Morgan fingerprint density at radius 3 is 2.89 bits per heavy atom. The van der Waals surface area contributed by atoms with Crippen molar-refractivity contribution in [1.82, 2.24) is 9.55 Å². The molecule has 1 atom stereocenters. The normalized spacial score (nSPS) is 13.1. The third-order valence-corrected chi connectivity index (χ3v) is 4.33. The predicted molar refractivity (Wildman–Crippen MR) is 81.4 cm³/mol. The van der Waals surface area contributed by atoms with Crippen LogP contribution in [0.2, 0.25) is 0 Å². The van der Waals surface area contributed by atoms with Gasteiger partial charge in [-0.25, -0.2) is 4.98 Å². The van der Waals surface area contributed by atoms with Gasteiger partial charge >= 0.3 is 0 Å². The maximum Gasteiger partial charge on any atom is 0.0952 e. The molecular formula is C15H23N3S. The molecule has 0 aliphatic carbocycles. The summed E-state index contributed by atoms with van der Waals surface area (Å²) in [4.78, 5) is 5.69. The number of rotatable bonds is 6. The van der Waals surface area contributed by atoms with Crippen LogP contribution in [0.15, 0.2) is 24.0 Å². The van der Waals surface area contributed by atoms with Crippen LogP contribution in [0.4, 0.5) is 0 Å². The highest BCUT2D eigenvalue weighted by atomic mass is 32.1. The zero-order valence-electron chi connectivity index (χ0n) is 12.0. The average Bonchev–Trinajstić information content (AvgIpc) is 2.97. The Bertz CT molecular complexity index is 513. The molecule has 0 aromatic carbocycles. The maximum absolute atomic E-state index is 6.28. The topological polar surface area (TPSA) is 43.8 Å². The van der Waals surface area contributed by atoms with Crippen LogP contribution in [-0.2, 0) is 13.0 Å². The second-order valence-electron chi connectivity index (χ2n) is 5.41. The molecule has 2 N–H and O–H groups in total. The lowest BCUT2D eigenvalue weighted by Gasteiger charge is -2.16. The van der Waals surface area contributed by atoms with Crippen LogP contribution in [0.1, 0.15) is 49.4 Å². The predicted octanol–water partition coefficient (Wildman–Crippen LogP) is 3.60. The first-order chi connectivity index (χ1) is 9.11. The summed E-state index contributed by atoms with van der Waals surface area (Å²) in [5, 5.41) is 2.17. The molecule has 0 bridgehead atoms. The van der Waals surface area contributed by atoms with Gasteiger partial charge in [-0.3, -0.25) is 0 Å². The Morgan fingerprint density at radius 1 is 1.42 bits per heavy atom. The summed E-state index contributed by atoms with van der Waals surface area (Å²) in [6.45, 7) is 7.50. The monoisotopic (exact) mass is 277 g/mol. The molecule has 0 radical (unpaired) electrons. The summed E-state index contributed by atoms with van der Waals surface area (Å²) >= 11 is 1.82. The molecule has 104 valence electrons. The summed E-state index contributed by atoms with van der Waals surface area (Å²) in [5.41, 5.74) is 8.86. The minimum atomic E-state index is 0.0764. The fourth-order valence-corrected chi connectivity index (χ4v) is 3.35. The Kier molecular flexibility index (Phi) is 4.77. The molecule has 0 spiro atoms. The van der Waals surface area contributed by atoms with Crippen molar-refractivity contribution in [2.75, 3.05) is 0 Å². The van der Waals surface area contributed by atoms with Gasteiger partial charge in [0.25, 0.3) is 0 Å². The average molecular weight is 277 g/mol. The molecule has 0 amide bonds. The number of aromatic nitrogens is 2. The van der Waals surface area contributed by atoms with E-state index in [9.17, 15) is 0 Å². The van der Waals surface area contributed by atoms with Gasteiger partial charge in [0.15, 0.2) is 0 Å². The minimum absolute atomic E-state index is 0.0764. The fourth-order valence-electron chi connectivity index (χ4n) is 2.38. The largest absolute Gasteiger partial charge is 0.328 e. The maximum atomic E-state index is 6.28. The van der Waals surface area contributed by atoms with Gasteiger partial charge in [-0.15, -0.1) is 11.3 Å². The third-order valence-electron chi connectivity index (χ3n) is 3.38. The van der Waals surface area contributed by atoms with Crippen molar-refractivity contribution in [3.05, 3.63) is 40.1 Å². The van der Waals surface area contributed by atoms with Crippen molar-refractivity contribution in [2.45, 2.75) is 46.2 Å². The van der Waals surface area contributed by atoms with Gasteiger partial charge in [0.1, 0.15) is 0 Å². The molecule has 2 aromatic heterocycles. The van der Waals surface area contributed by atoms with Crippen LogP contribution in [0.3, 0.4) is 0 Å². The van der Waals surface area contributed by atoms with E-state index in [4.69, 9.17) is 5.73 Å². The van der Waals surface area contributed by atoms with Crippen LogP contribution in [0.25, 0.3) is 0 Å². The molecule has 0 aliphatic rings. The van der Waals surface area contributed by atoms with Gasteiger partial charge in [-0.2, -0.15) is 0 Å². The van der Waals surface area contributed by atoms with E-state index in [0.29, 0.717) is 5.92 Å².